The Morgan fingerprint density at radius 3 is 1.69 bits per heavy atom. The van der Waals surface area contributed by atoms with Gasteiger partial charge in [-0.05, 0) is 68.4 Å². The first-order valence-electron chi connectivity index (χ1n) is 18.6. The van der Waals surface area contributed by atoms with E-state index in [1.807, 2.05) is 6.07 Å². The van der Waals surface area contributed by atoms with Gasteiger partial charge in [0.2, 0.25) is 0 Å². The van der Waals surface area contributed by atoms with Gasteiger partial charge in [-0.25, -0.2) is 15.0 Å². The van der Waals surface area contributed by atoms with Gasteiger partial charge in [-0.3, -0.25) is 0 Å². The third-order valence-electron chi connectivity index (χ3n) is 10.8. The van der Waals surface area contributed by atoms with Gasteiger partial charge in [0.05, 0.1) is 16.7 Å². The van der Waals surface area contributed by atoms with Crippen molar-refractivity contribution in [3.63, 3.8) is 0 Å². The maximum absolute atomic E-state index is 5.22. The van der Waals surface area contributed by atoms with E-state index in [0.29, 0.717) is 17.5 Å². The van der Waals surface area contributed by atoms with E-state index in [4.69, 9.17) is 15.0 Å². The van der Waals surface area contributed by atoms with Gasteiger partial charge < -0.3 is 4.57 Å². The van der Waals surface area contributed by atoms with E-state index in [1.165, 1.54) is 43.5 Å². The maximum atomic E-state index is 5.22. The monoisotopic (exact) mass is 700 g/mol. The maximum Gasteiger partial charge on any atom is 0.164 e. The molecule has 4 nitrogen and oxygen atoms in total. The Morgan fingerprint density at radius 1 is 0.309 bits per heavy atom. The highest BCUT2D eigenvalue weighted by Crippen LogP contribution is 2.40. The Morgan fingerprint density at radius 2 is 0.873 bits per heavy atom. The topological polar surface area (TPSA) is 43.6 Å². The minimum Gasteiger partial charge on any atom is -0.309 e. The third-order valence-corrected chi connectivity index (χ3v) is 10.8. The van der Waals surface area contributed by atoms with E-state index >= 15 is 0 Å². The SMILES string of the molecule is c1ccc(-c2ccc(-c3nc(-c4ccc5ccccc5c4)nc(-c4ccc(-n5c6ccccc6c6c7ccccc7ccc65)c5ccccc45)n3)cc2)cc1. The van der Waals surface area contributed by atoms with Gasteiger partial charge >= 0.3 is 0 Å². The fourth-order valence-corrected chi connectivity index (χ4v) is 8.20. The molecule has 55 heavy (non-hydrogen) atoms. The Kier molecular flexibility index (Phi) is 7.14. The third kappa shape index (κ3) is 5.19. The molecule has 11 aromatic rings. The molecule has 0 saturated heterocycles. The van der Waals surface area contributed by atoms with E-state index in [1.54, 1.807) is 0 Å². The summed E-state index contributed by atoms with van der Waals surface area (Å²) in [5.41, 5.74) is 8.62. The average Bonchev–Trinajstić information content (AvgIpc) is 3.60. The molecule has 0 unspecified atom stereocenters. The van der Waals surface area contributed by atoms with Crippen LogP contribution < -0.4 is 0 Å². The molecule has 0 aliphatic heterocycles. The molecule has 0 fully saturated rings. The van der Waals surface area contributed by atoms with E-state index in [0.717, 1.165) is 44.1 Å². The lowest BCUT2D eigenvalue weighted by Crippen LogP contribution is -2.02. The minimum atomic E-state index is 0.634. The molecule has 0 radical (unpaired) electrons. The fourth-order valence-electron chi connectivity index (χ4n) is 8.20. The lowest BCUT2D eigenvalue weighted by molar-refractivity contribution is 1.08. The summed E-state index contributed by atoms with van der Waals surface area (Å²) in [7, 11) is 0. The second kappa shape index (κ2) is 12.6. The molecular formula is C51H32N4. The lowest BCUT2D eigenvalue weighted by Gasteiger charge is -2.15. The summed E-state index contributed by atoms with van der Waals surface area (Å²) in [6.07, 6.45) is 0. The van der Waals surface area contributed by atoms with Crippen LogP contribution in [0.4, 0.5) is 0 Å². The number of nitrogens with zero attached hydrogens (tertiary/aromatic N) is 4. The number of para-hydroxylation sites is 1. The van der Waals surface area contributed by atoms with Crippen LogP contribution in [-0.4, -0.2) is 19.5 Å². The molecule has 4 heteroatoms. The summed E-state index contributed by atoms with van der Waals surface area (Å²) >= 11 is 0. The summed E-state index contributed by atoms with van der Waals surface area (Å²) in [6, 6.07) is 68.7. The van der Waals surface area contributed by atoms with Crippen LogP contribution in [0.25, 0.3) is 105 Å². The number of hydrogen-bond acceptors (Lipinski definition) is 3. The Balaban J connectivity index is 1.12. The molecule has 0 aliphatic carbocycles. The van der Waals surface area contributed by atoms with Crippen molar-refractivity contribution in [2.24, 2.45) is 0 Å². The average molecular weight is 701 g/mol. The highest BCUT2D eigenvalue weighted by Gasteiger charge is 2.20. The second-order valence-corrected chi connectivity index (χ2v) is 14.0. The largest absolute Gasteiger partial charge is 0.309 e. The molecule has 0 spiro atoms. The first-order valence-corrected chi connectivity index (χ1v) is 18.6. The molecule has 0 N–H and O–H groups in total. The van der Waals surface area contributed by atoms with E-state index in [9.17, 15) is 0 Å². The molecule has 9 aromatic carbocycles. The number of hydrogen-bond donors (Lipinski definition) is 0. The molecule has 2 aromatic heterocycles. The van der Waals surface area contributed by atoms with Crippen molar-refractivity contribution in [2.75, 3.05) is 0 Å². The highest BCUT2D eigenvalue weighted by atomic mass is 15.0. The zero-order valence-electron chi connectivity index (χ0n) is 29.8. The Bertz CT molecular complexity index is 3250. The van der Waals surface area contributed by atoms with Crippen molar-refractivity contribution in [1.29, 1.82) is 0 Å². The van der Waals surface area contributed by atoms with E-state index < -0.39 is 0 Å². The molecule has 0 saturated carbocycles. The molecule has 2 heterocycles. The van der Waals surface area contributed by atoms with Gasteiger partial charge in [0.1, 0.15) is 0 Å². The molecule has 11 rings (SSSR count). The van der Waals surface area contributed by atoms with Crippen molar-refractivity contribution in [2.45, 2.75) is 0 Å². The predicted molar refractivity (Wildman–Crippen MR) is 228 cm³/mol. The normalized spacial score (nSPS) is 11.6. The molecule has 256 valence electrons. The zero-order chi connectivity index (χ0) is 36.3. The van der Waals surface area contributed by atoms with Crippen LogP contribution in [0.2, 0.25) is 0 Å². The van der Waals surface area contributed by atoms with Crippen LogP contribution in [0.15, 0.2) is 194 Å². The number of aromatic nitrogens is 4. The molecule has 0 amide bonds. The minimum absolute atomic E-state index is 0.634. The number of rotatable bonds is 5. The standard InChI is InChI=1S/C51H32N4/c1-2-12-33(13-3-1)35-22-25-37(26-23-35)49-52-50(39-27-24-34-14-4-5-16-38(34)32-39)54-51(53-49)43-29-31-46(42-19-9-8-18-41(42)43)55-45-21-11-10-20-44(45)48-40-17-7-6-15-36(40)28-30-47(48)55/h1-32H. The van der Waals surface area contributed by atoms with Crippen LogP contribution >= 0.6 is 0 Å². The van der Waals surface area contributed by atoms with Crippen molar-refractivity contribution in [1.82, 2.24) is 19.5 Å². The predicted octanol–water partition coefficient (Wildman–Crippen LogP) is 13.1. The summed E-state index contributed by atoms with van der Waals surface area (Å²) < 4.78 is 2.41. The van der Waals surface area contributed by atoms with Crippen LogP contribution in [0, 0.1) is 0 Å². The van der Waals surface area contributed by atoms with Crippen LogP contribution in [0.5, 0.6) is 0 Å². The summed E-state index contributed by atoms with van der Waals surface area (Å²) in [6.45, 7) is 0. The first kappa shape index (κ1) is 31.1. The highest BCUT2D eigenvalue weighted by molar-refractivity contribution is 6.22. The number of benzene rings is 9. The molecule has 0 bridgehead atoms. The van der Waals surface area contributed by atoms with Crippen molar-refractivity contribution < 1.29 is 0 Å². The van der Waals surface area contributed by atoms with E-state index in [2.05, 4.69) is 193 Å². The Labute approximate surface area is 317 Å². The molecule has 0 atom stereocenters. The summed E-state index contributed by atoms with van der Waals surface area (Å²) in [5, 5.41) is 9.52. The second-order valence-electron chi connectivity index (χ2n) is 14.0. The summed E-state index contributed by atoms with van der Waals surface area (Å²) in [5.74, 6) is 1.91. The summed E-state index contributed by atoms with van der Waals surface area (Å²) in [4.78, 5) is 15.5. The van der Waals surface area contributed by atoms with Gasteiger partial charge in [-0.1, -0.05) is 164 Å². The lowest BCUT2D eigenvalue weighted by atomic mass is 10.0. The molecule has 0 aliphatic rings. The molecular weight excluding hydrogens is 669 g/mol. The van der Waals surface area contributed by atoms with Gasteiger partial charge in [0.25, 0.3) is 0 Å². The van der Waals surface area contributed by atoms with Crippen molar-refractivity contribution in [3.05, 3.63) is 194 Å². The van der Waals surface area contributed by atoms with Gasteiger partial charge in [0.15, 0.2) is 17.5 Å². The van der Waals surface area contributed by atoms with Gasteiger partial charge in [0, 0.05) is 32.8 Å². The van der Waals surface area contributed by atoms with Gasteiger partial charge in [-0.15, -0.1) is 0 Å². The van der Waals surface area contributed by atoms with Crippen LogP contribution in [0.3, 0.4) is 0 Å². The quantitative estimate of drug-likeness (QED) is 0.179. The van der Waals surface area contributed by atoms with E-state index in [-0.39, 0.29) is 0 Å². The zero-order valence-corrected chi connectivity index (χ0v) is 29.8. The smallest absolute Gasteiger partial charge is 0.164 e. The van der Waals surface area contributed by atoms with Crippen LogP contribution in [-0.2, 0) is 0 Å². The fraction of sp³-hybridized carbons (Fsp3) is 0. The van der Waals surface area contributed by atoms with Crippen LogP contribution in [0.1, 0.15) is 0 Å². The first-order chi connectivity index (χ1) is 27.3. The van der Waals surface area contributed by atoms with Gasteiger partial charge in [-0.2, -0.15) is 0 Å². The van der Waals surface area contributed by atoms with Crippen molar-refractivity contribution in [3.8, 4) is 51.0 Å². The Hall–Kier alpha value is -7.43. The van der Waals surface area contributed by atoms with Crippen molar-refractivity contribution >= 4 is 54.1 Å². The number of fused-ring (bicyclic) bond motifs is 7.